The van der Waals surface area contributed by atoms with E-state index in [0.717, 1.165) is 111 Å². The van der Waals surface area contributed by atoms with Gasteiger partial charge in [0.15, 0.2) is 0 Å². The third-order valence-corrected chi connectivity index (χ3v) is 20.6. The molecule has 356 valence electrons. The van der Waals surface area contributed by atoms with Crippen molar-refractivity contribution in [2.45, 2.75) is 139 Å². The van der Waals surface area contributed by atoms with Crippen molar-refractivity contribution < 1.29 is 26.4 Å². The van der Waals surface area contributed by atoms with Crippen molar-refractivity contribution in [3.63, 3.8) is 0 Å². The average molecular weight is 949 g/mol. The highest BCUT2D eigenvalue weighted by Crippen LogP contribution is 2.59. The molecule has 12 aliphatic rings. The number of carbonyl (C=O) groups excluding carboxylic acids is 2. The molecule has 9 nitrogen and oxygen atoms in total. The number of sulfonamides is 1. The van der Waals surface area contributed by atoms with Gasteiger partial charge in [0.2, 0.25) is 30.9 Å². The first-order chi connectivity index (χ1) is 31.0. The molecule has 0 atom stereocenters. The number of likely N-dealkylation sites (tertiary alicyclic amines) is 2. The van der Waals surface area contributed by atoms with E-state index in [0.29, 0.717) is 42.2 Å². The number of amides is 2. The third kappa shape index (κ3) is 9.75. The fourth-order valence-corrected chi connectivity index (χ4v) is 17.7. The number of fused-ring (bicyclic) bond motifs is 4. The van der Waals surface area contributed by atoms with Crippen LogP contribution in [-0.2, 0) is 52.5 Å². The summed E-state index contributed by atoms with van der Waals surface area (Å²) in [6.07, 6.45) is 26.0. The Bertz CT molecular complexity index is 2250. The molecule has 65 heavy (non-hydrogen) atoms. The zero-order valence-electron chi connectivity index (χ0n) is 39.1. The van der Waals surface area contributed by atoms with Crippen molar-refractivity contribution in [3.05, 3.63) is 70.8 Å². The van der Waals surface area contributed by atoms with Gasteiger partial charge in [0, 0.05) is 68.2 Å². The third-order valence-electron chi connectivity index (χ3n) is 19.4. The molecule has 10 fully saturated rings. The maximum Gasteiger partial charge on any atom is 0.229 e. The molecule has 2 aromatic carbocycles. The van der Waals surface area contributed by atoms with Crippen LogP contribution in [0.4, 0.5) is 0 Å². The molecule has 0 unspecified atom stereocenters. The van der Waals surface area contributed by atoms with Gasteiger partial charge >= 0.3 is 0 Å². The van der Waals surface area contributed by atoms with Crippen molar-refractivity contribution in [3.8, 4) is 0 Å². The lowest BCUT2D eigenvalue weighted by Crippen LogP contribution is -2.54. The zero-order valence-corrected chi connectivity index (χ0v) is 41.4. The largest absolute Gasteiger partial charge is 0.343 e. The molecule has 8 saturated carbocycles. The highest BCUT2D eigenvalue weighted by atomic mass is 35.7. The number of rotatable bonds is 5. The number of carbonyl (C=O) groups is 2. The van der Waals surface area contributed by atoms with E-state index < -0.39 is 19.1 Å². The summed E-state index contributed by atoms with van der Waals surface area (Å²) in [5, 5.41) is 0. The molecule has 2 saturated heterocycles. The number of halogens is 1. The lowest BCUT2D eigenvalue weighted by molar-refractivity contribution is -0.138. The molecule has 0 radical (unpaired) electrons. The first-order valence-corrected chi connectivity index (χ1v) is 30.1. The molecular formula is C53H74ClN3O6S2. The quantitative estimate of drug-likeness (QED) is 0.277. The molecule has 9 aliphatic carbocycles. The second kappa shape index (κ2) is 18.1. The van der Waals surface area contributed by atoms with Gasteiger partial charge in [0.25, 0.3) is 0 Å². The number of benzene rings is 2. The van der Waals surface area contributed by atoms with Gasteiger partial charge in [0.05, 0.1) is 12.5 Å². The van der Waals surface area contributed by atoms with Crippen LogP contribution in [0, 0.1) is 59.2 Å². The van der Waals surface area contributed by atoms with Gasteiger partial charge in [-0.05, 0) is 196 Å². The highest BCUT2D eigenvalue weighted by molar-refractivity contribution is 8.13. The number of nitrogens with zero attached hydrogens (tertiary/aromatic N) is 3. The lowest BCUT2D eigenvalue weighted by atomic mass is 9.51. The van der Waals surface area contributed by atoms with Gasteiger partial charge in [-0.2, -0.15) is 4.31 Å². The molecule has 2 spiro atoms. The molecular weight excluding hydrogens is 874 g/mol. The molecule has 2 amide bonds. The number of hydrogen-bond acceptors (Lipinski definition) is 6. The van der Waals surface area contributed by atoms with Crippen LogP contribution in [0.5, 0.6) is 0 Å². The van der Waals surface area contributed by atoms with Gasteiger partial charge < -0.3 is 9.80 Å². The maximum absolute atomic E-state index is 13.4. The van der Waals surface area contributed by atoms with Crippen molar-refractivity contribution in [2.24, 2.45) is 59.2 Å². The van der Waals surface area contributed by atoms with Crippen molar-refractivity contribution in [2.75, 3.05) is 45.2 Å². The Kier molecular flexibility index (Phi) is 12.9. The van der Waals surface area contributed by atoms with Crippen LogP contribution in [0.25, 0.3) is 0 Å². The lowest BCUT2D eigenvalue weighted by Gasteiger charge is -2.54. The van der Waals surface area contributed by atoms with E-state index in [1.165, 1.54) is 108 Å². The first-order valence-electron chi connectivity index (χ1n) is 25.6. The first kappa shape index (κ1) is 46.3. The molecule has 3 heterocycles. The van der Waals surface area contributed by atoms with Crippen molar-refractivity contribution in [1.82, 2.24) is 14.1 Å². The summed E-state index contributed by atoms with van der Waals surface area (Å²) in [6, 6.07) is 17.4. The van der Waals surface area contributed by atoms with Gasteiger partial charge in [-0.15, -0.1) is 0 Å². The second-order valence-corrected chi connectivity index (χ2v) is 28.3. The summed E-state index contributed by atoms with van der Waals surface area (Å²) in [7, 11) is -1.94. The predicted octanol–water partition coefficient (Wildman–Crippen LogP) is 9.31. The molecule has 8 bridgehead atoms. The Hall–Kier alpha value is -2.47. The Balaban J connectivity index is 0.000000140. The summed E-state index contributed by atoms with van der Waals surface area (Å²) in [6.45, 7) is 4.48. The van der Waals surface area contributed by atoms with E-state index >= 15 is 0 Å². The smallest absolute Gasteiger partial charge is 0.229 e. The average Bonchev–Trinajstić information content (AvgIpc) is 3.26. The van der Waals surface area contributed by atoms with Gasteiger partial charge in [-0.1, -0.05) is 48.5 Å². The zero-order chi connectivity index (χ0) is 45.3. The number of hydrogen-bond donors (Lipinski definition) is 0. The van der Waals surface area contributed by atoms with E-state index in [9.17, 15) is 26.4 Å². The van der Waals surface area contributed by atoms with E-state index in [4.69, 9.17) is 0 Å². The van der Waals surface area contributed by atoms with Gasteiger partial charge in [-0.3, -0.25) is 9.59 Å². The molecule has 2 aromatic rings. The van der Waals surface area contributed by atoms with Crippen LogP contribution in [0.3, 0.4) is 0 Å². The van der Waals surface area contributed by atoms with Gasteiger partial charge in [0.1, 0.15) is 0 Å². The maximum atomic E-state index is 13.4. The summed E-state index contributed by atoms with van der Waals surface area (Å²) < 4.78 is 45.2. The number of piperidine rings is 2. The van der Waals surface area contributed by atoms with Crippen molar-refractivity contribution in [1.29, 1.82) is 0 Å². The minimum atomic E-state index is -3.25. The summed E-state index contributed by atoms with van der Waals surface area (Å²) >= 11 is 0. The SMILES string of the molecule is CS(=O)(=O)Cl.CS(=O)(=O)N1Cc2ccccc2C2(CCN(C(=O)CC3C4CC5CC(C4)CC3C5)CC2)C1.O=C(CC1C2CC3CC(C2)CC1C3)N1CCC2(CCCc3ccccc32)CC1. The van der Waals surface area contributed by atoms with E-state index in [1.807, 2.05) is 6.07 Å². The Morgan fingerprint density at radius 3 is 1.38 bits per heavy atom. The second-order valence-electron chi connectivity index (χ2n) is 23.3. The van der Waals surface area contributed by atoms with E-state index in [-0.39, 0.29) is 5.41 Å². The summed E-state index contributed by atoms with van der Waals surface area (Å²) in [5.74, 6) is 9.41. The van der Waals surface area contributed by atoms with Crippen molar-refractivity contribution >= 4 is 41.6 Å². The van der Waals surface area contributed by atoms with Crippen LogP contribution in [-0.4, -0.2) is 88.0 Å². The normalized spacial score (nSPS) is 34.8. The fourth-order valence-electron chi connectivity index (χ4n) is 16.8. The van der Waals surface area contributed by atoms with Gasteiger partial charge in [-0.25, -0.2) is 16.8 Å². The standard InChI is InChI=1S/C26H36N2O3S.C26H35NO.CH3ClO2S/c1-32(30,31)28-16-20-4-2-3-5-24(20)26(17-28)6-8-27(9-7-26)25(29)15-23-21-11-18-10-19(13-21)14-22(23)12-18;28-25(17-23-21-13-18-12-19(15-21)16-22(23)14-18)27-10-8-26(9-11-27)7-3-5-20-4-1-2-6-24(20)26;1-5(2,3)4/h2-5,18-19,21-23H,6-17H2,1H3;1-2,4,6,18-19,21-23H,3,5,7-17H2;1H3. The Labute approximate surface area is 394 Å². The van der Waals surface area contributed by atoms with E-state index in [2.05, 4.69) is 62.9 Å². The minimum Gasteiger partial charge on any atom is -0.343 e. The topological polar surface area (TPSA) is 112 Å². The predicted molar refractivity (Wildman–Crippen MR) is 257 cm³/mol. The minimum absolute atomic E-state index is 0.169. The number of aryl methyl sites for hydroxylation is 1. The van der Waals surface area contributed by atoms with Crippen LogP contribution in [0.2, 0.25) is 0 Å². The molecule has 0 N–H and O–H groups in total. The van der Waals surface area contributed by atoms with E-state index in [1.54, 1.807) is 15.4 Å². The fraction of sp³-hybridized carbons (Fsp3) is 0.736. The van der Waals surface area contributed by atoms with Crippen LogP contribution >= 0.6 is 10.7 Å². The Morgan fingerprint density at radius 2 is 0.954 bits per heavy atom. The highest BCUT2D eigenvalue weighted by Gasteiger charge is 2.51. The monoisotopic (exact) mass is 947 g/mol. The molecule has 12 heteroatoms. The molecule has 3 aliphatic heterocycles. The molecule has 0 aromatic heterocycles. The van der Waals surface area contributed by atoms with Crippen LogP contribution < -0.4 is 0 Å². The summed E-state index contributed by atoms with van der Waals surface area (Å²) in [5.41, 5.74) is 5.79. The van der Waals surface area contributed by atoms with Crippen LogP contribution in [0.1, 0.15) is 138 Å². The van der Waals surface area contributed by atoms with Crippen LogP contribution in [0.15, 0.2) is 48.5 Å². The molecule has 14 rings (SSSR count). The summed E-state index contributed by atoms with van der Waals surface area (Å²) in [4.78, 5) is 30.9. The Morgan fingerprint density at radius 1 is 0.569 bits per heavy atom.